The Morgan fingerprint density at radius 2 is 1.69 bits per heavy atom. The molecule has 4 aromatic carbocycles. The van der Waals surface area contributed by atoms with E-state index >= 15 is 0 Å². The number of benzene rings is 4. The summed E-state index contributed by atoms with van der Waals surface area (Å²) in [6.07, 6.45) is 3.85. The minimum Gasteiger partial charge on any atom is -0.489 e. The molecule has 1 aliphatic heterocycles. The Morgan fingerprint density at radius 3 is 2.38 bits per heavy atom. The first-order valence-corrected chi connectivity index (χ1v) is 16.8. The van der Waals surface area contributed by atoms with Crippen molar-refractivity contribution in [2.75, 3.05) is 12.9 Å². The first-order valence-electron chi connectivity index (χ1n) is 14.4. The highest BCUT2D eigenvalue weighted by Gasteiger charge is 2.35. The number of carbonyl (C=O) groups is 1. The minimum atomic E-state index is -0.714. The van der Waals surface area contributed by atoms with Crippen LogP contribution in [0.2, 0.25) is 5.02 Å². The summed E-state index contributed by atoms with van der Waals surface area (Å²) in [5.41, 5.74) is 3.91. The molecule has 6 rings (SSSR count). The van der Waals surface area contributed by atoms with E-state index in [0.29, 0.717) is 38.0 Å². The summed E-state index contributed by atoms with van der Waals surface area (Å²) < 4.78 is 13.6. The fourth-order valence-electron chi connectivity index (χ4n) is 5.13. The molecular formula is C36H29ClN2O4S2. The Labute approximate surface area is 274 Å². The molecule has 0 aliphatic carbocycles. The highest BCUT2D eigenvalue weighted by Crippen LogP contribution is 2.35. The molecule has 0 unspecified atom stereocenters. The van der Waals surface area contributed by atoms with Crippen LogP contribution < -0.4 is 19.6 Å². The molecule has 0 radical (unpaired) electrons. The highest BCUT2D eigenvalue weighted by atomic mass is 35.5. The first-order chi connectivity index (χ1) is 22.0. The maximum absolute atomic E-state index is 14.1. The average Bonchev–Trinajstić information content (AvgIpc) is 3.38. The molecule has 1 aliphatic rings. The lowest BCUT2D eigenvalue weighted by Gasteiger charge is -2.26. The SMILES string of the molecule is CCOC(=O)C1=C(c2ccccc2)N=c2s/c(=C\c3ccc(OCc4ccccc4Cl)cc3)c(=O)n2[C@H]1c1ccc(SC)cc1. The van der Waals surface area contributed by atoms with Crippen LogP contribution in [0.5, 0.6) is 5.75 Å². The molecule has 45 heavy (non-hydrogen) atoms. The van der Waals surface area contributed by atoms with Crippen LogP contribution in [0.15, 0.2) is 123 Å². The Balaban J connectivity index is 1.44. The Morgan fingerprint density at radius 1 is 0.978 bits per heavy atom. The van der Waals surface area contributed by atoms with E-state index in [1.165, 1.54) is 11.3 Å². The van der Waals surface area contributed by atoms with Gasteiger partial charge in [0.2, 0.25) is 0 Å². The predicted molar refractivity (Wildman–Crippen MR) is 182 cm³/mol. The molecular weight excluding hydrogens is 624 g/mol. The second-order valence-corrected chi connectivity index (χ2v) is 12.4. The standard InChI is InChI=1S/C36H29ClN2O4S2/c1-3-42-35(41)31-32(24-9-5-4-6-10-24)38-36-39(33(31)25-15-19-28(44-2)20-16-25)34(40)30(45-36)21-23-13-17-27(18-14-23)43-22-26-11-7-8-12-29(26)37/h4-21,33H,3,22H2,1-2H3/b30-21-/t33-/m0/s1. The van der Waals surface area contributed by atoms with Crippen molar-refractivity contribution in [3.63, 3.8) is 0 Å². The Hall–Kier alpha value is -4.37. The van der Waals surface area contributed by atoms with Gasteiger partial charge in [-0.25, -0.2) is 9.79 Å². The van der Waals surface area contributed by atoms with Crippen molar-refractivity contribution in [2.45, 2.75) is 24.5 Å². The molecule has 0 bridgehead atoms. The summed E-state index contributed by atoms with van der Waals surface area (Å²) in [5, 5.41) is 0.657. The van der Waals surface area contributed by atoms with Gasteiger partial charge in [0.25, 0.3) is 5.56 Å². The second-order valence-electron chi connectivity index (χ2n) is 10.2. The number of carbonyl (C=O) groups excluding carboxylic acids is 1. The lowest BCUT2D eigenvalue weighted by molar-refractivity contribution is -0.138. The monoisotopic (exact) mass is 652 g/mol. The zero-order valence-electron chi connectivity index (χ0n) is 24.6. The minimum absolute atomic E-state index is 0.199. The van der Waals surface area contributed by atoms with E-state index in [0.717, 1.165) is 27.1 Å². The molecule has 5 aromatic rings. The van der Waals surface area contributed by atoms with E-state index in [1.807, 2.05) is 115 Å². The fourth-order valence-corrected chi connectivity index (χ4v) is 6.73. The van der Waals surface area contributed by atoms with Crippen LogP contribution in [0.1, 0.15) is 35.2 Å². The van der Waals surface area contributed by atoms with E-state index in [-0.39, 0.29) is 12.2 Å². The van der Waals surface area contributed by atoms with E-state index in [2.05, 4.69) is 0 Å². The number of ether oxygens (including phenoxy) is 2. The number of thioether (sulfide) groups is 1. The molecule has 1 atom stereocenters. The second kappa shape index (κ2) is 13.7. The molecule has 0 spiro atoms. The Bertz CT molecular complexity index is 2050. The molecule has 0 saturated heterocycles. The molecule has 9 heteroatoms. The smallest absolute Gasteiger partial charge is 0.338 e. The van der Waals surface area contributed by atoms with Crippen LogP contribution >= 0.6 is 34.7 Å². The lowest BCUT2D eigenvalue weighted by atomic mass is 9.93. The normalized spacial score (nSPS) is 14.6. The molecule has 1 aromatic heterocycles. The van der Waals surface area contributed by atoms with Crippen molar-refractivity contribution < 1.29 is 14.3 Å². The number of esters is 1. The number of fused-ring (bicyclic) bond motifs is 1. The first kappa shape index (κ1) is 30.6. The summed E-state index contributed by atoms with van der Waals surface area (Å²) in [6, 6.07) is 31.8. The molecule has 2 heterocycles. The van der Waals surface area contributed by atoms with Crippen LogP contribution in [-0.4, -0.2) is 23.4 Å². The highest BCUT2D eigenvalue weighted by molar-refractivity contribution is 7.98. The van der Waals surface area contributed by atoms with Crippen molar-refractivity contribution in [1.29, 1.82) is 0 Å². The van der Waals surface area contributed by atoms with Gasteiger partial charge in [0.05, 0.1) is 28.5 Å². The van der Waals surface area contributed by atoms with Crippen molar-refractivity contribution in [2.24, 2.45) is 4.99 Å². The number of aromatic nitrogens is 1. The van der Waals surface area contributed by atoms with Gasteiger partial charge in [0, 0.05) is 21.0 Å². The van der Waals surface area contributed by atoms with Crippen LogP contribution in [0.25, 0.3) is 11.8 Å². The predicted octanol–water partition coefficient (Wildman–Crippen LogP) is 6.89. The van der Waals surface area contributed by atoms with Crippen LogP contribution in [-0.2, 0) is 16.1 Å². The molecule has 0 saturated carbocycles. The Kier molecular flexibility index (Phi) is 9.35. The number of thiazole rings is 1. The molecule has 226 valence electrons. The number of rotatable bonds is 9. The summed E-state index contributed by atoms with van der Waals surface area (Å²) in [5.74, 6) is 0.189. The summed E-state index contributed by atoms with van der Waals surface area (Å²) in [4.78, 5) is 34.2. The zero-order valence-corrected chi connectivity index (χ0v) is 27.0. The third-order valence-corrected chi connectivity index (χ3v) is 9.43. The van der Waals surface area contributed by atoms with Crippen molar-refractivity contribution in [3.05, 3.63) is 156 Å². The van der Waals surface area contributed by atoms with E-state index in [9.17, 15) is 9.59 Å². The maximum atomic E-state index is 14.1. The van der Waals surface area contributed by atoms with E-state index < -0.39 is 12.0 Å². The van der Waals surface area contributed by atoms with Gasteiger partial charge in [-0.2, -0.15) is 0 Å². The van der Waals surface area contributed by atoms with Gasteiger partial charge in [-0.15, -0.1) is 11.8 Å². The van der Waals surface area contributed by atoms with Gasteiger partial charge in [0.15, 0.2) is 4.80 Å². The average molecular weight is 653 g/mol. The maximum Gasteiger partial charge on any atom is 0.338 e. The number of hydrogen-bond acceptors (Lipinski definition) is 7. The van der Waals surface area contributed by atoms with Gasteiger partial charge >= 0.3 is 5.97 Å². The summed E-state index contributed by atoms with van der Waals surface area (Å²) in [7, 11) is 0. The quantitative estimate of drug-likeness (QED) is 0.128. The van der Waals surface area contributed by atoms with Crippen molar-refractivity contribution in [1.82, 2.24) is 4.57 Å². The van der Waals surface area contributed by atoms with Crippen LogP contribution in [0.4, 0.5) is 0 Å². The number of hydrogen-bond donors (Lipinski definition) is 0. The van der Waals surface area contributed by atoms with E-state index in [4.69, 9.17) is 26.1 Å². The fraction of sp³-hybridized carbons (Fsp3) is 0.139. The van der Waals surface area contributed by atoms with Gasteiger partial charge < -0.3 is 9.47 Å². The van der Waals surface area contributed by atoms with E-state index in [1.54, 1.807) is 23.3 Å². The molecule has 0 N–H and O–H groups in total. The van der Waals surface area contributed by atoms with Gasteiger partial charge in [-0.1, -0.05) is 95.7 Å². The summed E-state index contributed by atoms with van der Waals surface area (Å²) >= 11 is 9.18. The lowest BCUT2D eigenvalue weighted by Crippen LogP contribution is -2.40. The molecule has 0 amide bonds. The van der Waals surface area contributed by atoms with Gasteiger partial charge in [-0.05, 0) is 60.7 Å². The molecule has 0 fully saturated rings. The largest absolute Gasteiger partial charge is 0.489 e. The summed E-state index contributed by atoms with van der Waals surface area (Å²) in [6.45, 7) is 2.32. The van der Waals surface area contributed by atoms with Crippen molar-refractivity contribution in [3.8, 4) is 5.75 Å². The number of halogens is 1. The number of nitrogens with zero attached hydrogens (tertiary/aromatic N) is 2. The third-order valence-electron chi connectivity index (χ3n) is 7.34. The molecule has 6 nitrogen and oxygen atoms in total. The van der Waals surface area contributed by atoms with Crippen LogP contribution in [0, 0.1) is 0 Å². The zero-order chi connectivity index (χ0) is 31.3. The third kappa shape index (κ3) is 6.54. The van der Waals surface area contributed by atoms with Crippen LogP contribution in [0.3, 0.4) is 0 Å². The van der Waals surface area contributed by atoms with Gasteiger partial charge in [-0.3, -0.25) is 9.36 Å². The topological polar surface area (TPSA) is 69.9 Å². The van der Waals surface area contributed by atoms with Gasteiger partial charge in [0.1, 0.15) is 12.4 Å². The van der Waals surface area contributed by atoms with Crippen molar-refractivity contribution >= 4 is 52.4 Å².